The van der Waals surface area contributed by atoms with Crippen LogP contribution in [-0.4, -0.2) is 28.0 Å². The lowest BCUT2D eigenvalue weighted by molar-refractivity contribution is 0.102. The van der Waals surface area contributed by atoms with Crippen molar-refractivity contribution in [1.82, 2.24) is 15.0 Å². The first-order valence-electron chi connectivity index (χ1n) is 9.07. The van der Waals surface area contributed by atoms with Crippen LogP contribution in [0.25, 0.3) is 10.9 Å². The summed E-state index contributed by atoms with van der Waals surface area (Å²) in [4.78, 5) is 25.4. The first-order chi connectivity index (χ1) is 14.2. The van der Waals surface area contributed by atoms with Crippen molar-refractivity contribution in [3.8, 4) is 5.75 Å². The Morgan fingerprint density at radius 1 is 0.966 bits per heavy atom. The van der Waals surface area contributed by atoms with E-state index in [1.54, 1.807) is 13.3 Å². The zero-order valence-corrected chi connectivity index (χ0v) is 15.8. The average molecular weight is 385 g/mol. The van der Waals surface area contributed by atoms with E-state index in [0.717, 1.165) is 22.2 Å². The van der Waals surface area contributed by atoms with Crippen molar-refractivity contribution in [3.63, 3.8) is 0 Å². The number of hydrogen-bond donors (Lipinski definition) is 2. The molecule has 0 aliphatic rings. The zero-order chi connectivity index (χ0) is 20.1. The number of nitrogens with zero attached hydrogens (tertiary/aromatic N) is 3. The molecule has 0 fully saturated rings. The van der Waals surface area contributed by atoms with E-state index in [0.29, 0.717) is 18.1 Å². The van der Waals surface area contributed by atoms with Gasteiger partial charge in [0.1, 0.15) is 17.3 Å². The van der Waals surface area contributed by atoms with Crippen LogP contribution in [0, 0.1) is 0 Å². The summed E-state index contributed by atoms with van der Waals surface area (Å²) in [6, 6.07) is 17.2. The number of rotatable bonds is 6. The smallest absolute Gasteiger partial charge is 0.275 e. The van der Waals surface area contributed by atoms with E-state index >= 15 is 0 Å². The standard InChI is InChI=1S/C22H19N5O2/c1-29-19-10-3-2-6-16(19)12-25-20-14-24-18(13-26-20)22(28)27-17-9-4-7-15-8-5-11-23-21(15)17/h2-11,13-14H,12H2,1H3,(H,25,26)(H,27,28). The third-order valence-electron chi connectivity index (χ3n) is 4.42. The molecule has 2 aromatic carbocycles. The van der Waals surface area contributed by atoms with Crippen LogP contribution in [0.5, 0.6) is 5.75 Å². The molecule has 2 N–H and O–H groups in total. The molecule has 2 heterocycles. The molecule has 2 aromatic heterocycles. The lowest BCUT2D eigenvalue weighted by atomic mass is 10.2. The van der Waals surface area contributed by atoms with Crippen molar-refractivity contribution in [2.45, 2.75) is 6.54 Å². The van der Waals surface area contributed by atoms with Crippen molar-refractivity contribution < 1.29 is 9.53 Å². The number of aromatic nitrogens is 3. The van der Waals surface area contributed by atoms with Gasteiger partial charge in [0.05, 0.1) is 30.7 Å². The lowest BCUT2D eigenvalue weighted by Crippen LogP contribution is -2.15. The fourth-order valence-electron chi connectivity index (χ4n) is 2.96. The Balaban J connectivity index is 1.44. The largest absolute Gasteiger partial charge is 0.496 e. The second-order valence-corrected chi connectivity index (χ2v) is 6.29. The second kappa shape index (κ2) is 8.35. The van der Waals surface area contributed by atoms with Crippen molar-refractivity contribution in [2.75, 3.05) is 17.7 Å². The van der Waals surface area contributed by atoms with E-state index in [1.807, 2.05) is 54.6 Å². The SMILES string of the molecule is COc1ccccc1CNc1cnc(C(=O)Nc2cccc3cccnc23)cn1. The van der Waals surface area contributed by atoms with Gasteiger partial charge >= 0.3 is 0 Å². The summed E-state index contributed by atoms with van der Waals surface area (Å²) in [7, 11) is 1.64. The van der Waals surface area contributed by atoms with Crippen LogP contribution in [-0.2, 0) is 6.54 Å². The number of hydrogen-bond acceptors (Lipinski definition) is 6. The van der Waals surface area contributed by atoms with E-state index in [9.17, 15) is 4.79 Å². The summed E-state index contributed by atoms with van der Waals surface area (Å²) in [6.07, 6.45) is 4.67. The Labute approximate surface area is 167 Å². The number of benzene rings is 2. The molecule has 7 nitrogen and oxygen atoms in total. The molecule has 0 spiro atoms. The van der Waals surface area contributed by atoms with Crippen molar-refractivity contribution in [3.05, 3.63) is 84.4 Å². The Morgan fingerprint density at radius 2 is 1.83 bits per heavy atom. The average Bonchev–Trinajstić information content (AvgIpc) is 2.78. The fourth-order valence-corrected chi connectivity index (χ4v) is 2.96. The molecule has 0 aliphatic heterocycles. The van der Waals surface area contributed by atoms with Gasteiger partial charge in [-0.3, -0.25) is 9.78 Å². The van der Waals surface area contributed by atoms with E-state index in [4.69, 9.17) is 4.74 Å². The van der Waals surface area contributed by atoms with Crippen LogP contribution in [0.15, 0.2) is 73.2 Å². The number of ether oxygens (including phenoxy) is 1. The van der Waals surface area contributed by atoms with Gasteiger partial charge in [-0.1, -0.05) is 36.4 Å². The minimum Gasteiger partial charge on any atom is -0.496 e. The van der Waals surface area contributed by atoms with Crippen molar-refractivity contribution in [2.24, 2.45) is 0 Å². The molecule has 0 saturated carbocycles. The molecule has 0 unspecified atom stereocenters. The maximum absolute atomic E-state index is 12.6. The topological polar surface area (TPSA) is 89.0 Å². The minimum absolute atomic E-state index is 0.223. The maximum atomic E-state index is 12.6. The fraction of sp³-hybridized carbons (Fsp3) is 0.0909. The predicted molar refractivity (Wildman–Crippen MR) is 112 cm³/mol. The molecular weight excluding hydrogens is 366 g/mol. The highest BCUT2D eigenvalue weighted by molar-refractivity contribution is 6.07. The number of amides is 1. The Hall–Kier alpha value is -4.00. The number of pyridine rings is 1. The van der Waals surface area contributed by atoms with E-state index in [1.165, 1.54) is 12.4 Å². The number of carbonyl (C=O) groups is 1. The molecule has 144 valence electrons. The minimum atomic E-state index is -0.341. The summed E-state index contributed by atoms with van der Waals surface area (Å²) < 4.78 is 5.34. The van der Waals surface area contributed by atoms with Gasteiger partial charge in [-0.05, 0) is 18.2 Å². The molecule has 0 saturated heterocycles. The van der Waals surface area contributed by atoms with Gasteiger partial charge in [0.25, 0.3) is 5.91 Å². The monoisotopic (exact) mass is 385 g/mol. The summed E-state index contributed by atoms with van der Waals surface area (Å²) in [6.45, 7) is 0.534. The van der Waals surface area contributed by atoms with Gasteiger partial charge in [-0.15, -0.1) is 0 Å². The number of fused-ring (bicyclic) bond motifs is 1. The van der Waals surface area contributed by atoms with Crippen molar-refractivity contribution >= 4 is 28.3 Å². The number of carbonyl (C=O) groups excluding carboxylic acids is 1. The van der Waals surface area contributed by atoms with Gasteiger partial charge in [0.15, 0.2) is 0 Å². The van der Waals surface area contributed by atoms with Gasteiger partial charge < -0.3 is 15.4 Å². The zero-order valence-electron chi connectivity index (χ0n) is 15.8. The third kappa shape index (κ3) is 4.14. The molecule has 1 amide bonds. The van der Waals surface area contributed by atoms with Crippen LogP contribution < -0.4 is 15.4 Å². The van der Waals surface area contributed by atoms with E-state index in [-0.39, 0.29) is 11.6 Å². The molecule has 0 aliphatic carbocycles. The lowest BCUT2D eigenvalue weighted by Gasteiger charge is -2.10. The van der Waals surface area contributed by atoms with Crippen LogP contribution >= 0.6 is 0 Å². The van der Waals surface area contributed by atoms with Crippen LogP contribution in [0.1, 0.15) is 16.1 Å². The molecule has 0 bridgehead atoms. The molecular formula is C22H19N5O2. The summed E-state index contributed by atoms with van der Waals surface area (Å²) >= 11 is 0. The Bertz CT molecular complexity index is 1140. The summed E-state index contributed by atoms with van der Waals surface area (Å²) in [5.74, 6) is 1.03. The highest BCUT2D eigenvalue weighted by Crippen LogP contribution is 2.21. The van der Waals surface area contributed by atoms with Crippen LogP contribution in [0.4, 0.5) is 11.5 Å². The van der Waals surface area contributed by atoms with E-state index in [2.05, 4.69) is 25.6 Å². The number of para-hydroxylation sites is 2. The normalized spacial score (nSPS) is 10.5. The third-order valence-corrected chi connectivity index (χ3v) is 4.42. The first-order valence-corrected chi connectivity index (χ1v) is 9.07. The second-order valence-electron chi connectivity index (χ2n) is 6.29. The Morgan fingerprint density at radius 3 is 2.66 bits per heavy atom. The molecule has 0 radical (unpaired) electrons. The van der Waals surface area contributed by atoms with Crippen molar-refractivity contribution in [1.29, 1.82) is 0 Å². The molecule has 4 aromatic rings. The van der Waals surface area contributed by atoms with Gasteiger partial charge in [0.2, 0.25) is 0 Å². The molecule has 4 rings (SSSR count). The first kappa shape index (κ1) is 18.4. The van der Waals surface area contributed by atoms with E-state index < -0.39 is 0 Å². The highest BCUT2D eigenvalue weighted by Gasteiger charge is 2.11. The number of nitrogens with one attached hydrogen (secondary N) is 2. The van der Waals surface area contributed by atoms with Crippen LogP contribution in [0.2, 0.25) is 0 Å². The summed E-state index contributed by atoms with van der Waals surface area (Å²) in [5.41, 5.74) is 2.59. The molecule has 0 atom stereocenters. The Kier molecular flexibility index (Phi) is 5.29. The quantitative estimate of drug-likeness (QED) is 0.523. The summed E-state index contributed by atoms with van der Waals surface area (Å²) in [5, 5.41) is 6.98. The van der Waals surface area contributed by atoms with Gasteiger partial charge in [-0.25, -0.2) is 9.97 Å². The number of methoxy groups -OCH3 is 1. The highest BCUT2D eigenvalue weighted by atomic mass is 16.5. The number of anilines is 2. The van der Waals surface area contributed by atoms with Gasteiger partial charge in [-0.2, -0.15) is 0 Å². The maximum Gasteiger partial charge on any atom is 0.275 e. The van der Waals surface area contributed by atoms with Crippen LogP contribution in [0.3, 0.4) is 0 Å². The van der Waals surface area contributed by atoms with Gasteiger partial charge in [0, 0.05) is 23.7 Å². The predicted octanol–water partition coefficient (Wildman–Crippen LogP) is 3.90. The molecule has 29 heavy (non-hydrogen) atoms. The molecule has 7 heteroatoms.